The van der Waals surface area contributed by atoms with E-state index in [1.165, 1.54) is 0 Å². The molecule has 0 aliphatic carbocycles. The van der Waals surface area contributed by atoms with E-state index >= 15 is 0 Å². The summed E-state index contributed by atoms with van der Waals surface area (Å²) in [5.74, 6) is 0.390. The van der Waals surface area contributed by atoms with Crippen molar-refractivity contribution in [1.29, 1.82) is 0 Å². The summed E-state index contributed by atoms with van der Waals surface area (Å²) in [5.41, 5.74) is 1.11. The molecule has 1 unspecified atom stereocenters. The molecule has 0 amide bonds. The molecule has 0 saturated carbocycles. The number of likely N-dealkylation sites (N-methyl/N-ethyl adjacent to an activating group) is 1. The molecule has 0 heterocycles. The molecule has 0 aliphatic rings. The molecule has 3 heteroatoms. The maximum atomic E-state index is 6.11. The molecule has 14 heavy (non-hydrogen) atoms. The van der Waals surface area contributed by atoms with Crippen molar-refractivity contribution in [2.45, 2.75) is 19.8 Å². The lowest BCUT2D eigenvalue weighted by Crippen LogP contribution is -2.19. The van der Waals surface area contributed by atoms with E-state index in [-0.39, 0.29) is 0 Å². The third-order valence-corrected chi connectivity index (χ3v) is 3.05. The Hall–Kier alpha value is -0.240. The highest BCUT2D eigenvalue weighted by Crippen LogP contribution is 2.30. The molecule has 0 saturated heterocycles. The van der Waals surface area contributed by atoms with Gasteiger partial charge in [-0.25, -0.2) is 0 Å². The van der Waals surface area contributed by atoms with E-state index in [0.29, 0.717) is 16.0 Å². The molecule has 78 valence electrons. The fraction of sp³-hybridized carbons (Fsp3) is 0.455. The first kappa shape index (κ1) is 11.8. The third-order valence-electron chi connectivity index (χ3n) is 2.21. The molecule has 1 N–H and O–H groups in total. The minimum absolute atomic E-state index is 0.390. The maximum absolute atomic E-state index is 6.11. The summed E-state index contributed by atoms with van der Waals surface area (Å²) in [7, 11) is 0. The van der Waals surface area contributed by atoms with Crippen LogP contribution in [0.15, 0.2) is 18.2 Å². The first-order chi connectivity index (χ1) is 6.66. The van der Waals surface area contributed by atoms with Crippen LogP contribution < -0.4 is 5.32 Å². The Balaban J connectivity index is 2.79. The molecule has 0 aromatic heterocycles. The largest absolute Gasteiger partial charge is 0.316 e. The van der Waals surface area contributed by atoms with Crippen molar-refractivity contribution >= 4 is 23.2 Å². The molecule has 1 aromatic carbocycles. The van der Waals surface area contributed by atoms with Gasteiger partial charge in [0.25, 0.3) is 0 Å². The van der Waals surface area contributed by atoms with Crippen molar-refractivity contribution in [1.82, 2.24) is 5.32 Å². The molecular formula is C11H15Cl2N. The quantitative estimate of drug-likeness (QED) is 0.834. The summed E-state index contributed by atoms with van der Waals surface area (Å²) in [6.45, 7) is 6.13. The SMILES string of the molecule is CCNCC(C)c1cccc(Cl)c1Cl. The summed E-state index contributed by atoms with van der Waals surface area (Å²) < 4.78 is 0. The summed E-state index contributed by atoms with van der Waals surface area (Å²) in [6, 6.07) is 5.77. The normalized spacial score (nSPS) is 12.9. The molecule has 0 spiro atoms. The standard InChI is InChI=1S/C11H15Cl2N/c1-3-14-7-8(2)9-5-4-6-10(12)11(9)13/h4-6,8,14H,3,7H2,1-2H3. The summed E-state index contributed by atoms with van der Waals surface area (Å²) in [5, 5.41) is 4.60. The van der Waals surface area contributed by atoms with E-state index in [9.17, 15) is 0 Å². The van der Waals surface area contributed by atoms with Gasteiger partial charge in [0.15, 0.2) is 0 Å². The molecule has 0 fully saturated rings. The van der Waals surface area contributed by atoms with Crippen LogP contribution in [0.5, 0.6) is 0 Å². The van der Waals surface area contributed by atoms with E-state index in [2.05, 4.69) is 19.2 Å². The minimum atomic E-state index is 0.390. The van der Waals surface area contributed by atoms with Gasteiger partial charge in [0.05, 0.1) is 10.0 Å². The molecule has 0 bridgehead atoms. The zero-order valence-corrected chi connectivity index (χ0v) is 9.99. The fourth-order valence-corrected chi connectivity index (χ4v) is 1.87. The Morgan fingerprint density at radius 3 is 2.71 bits per heavy atom. The highest BCUT2D eigenvalue weighted by Gasteiger charge is 2.10. The van der Waals surface area contributed by atoms with Crippen molar-refractivity contribution < 1.29 is 0 Å². The highest BCUT2D eigenvalue weighted by atomic mass is 35.5. The van der Waals surface area contributed by atoms with Crippen molar-refractivity contribution in [3.63, 3.8) is 0 Å². The summed E-state index contributed by atoms with van der Waals surface area (Å²) in [4.78, 5) is 0. The Kier molecular flexibility index (Phi) is 4.73. The fourth-order valence-electron chi connectivity index (χ4n) is 1.37. The van der Waals surface area contributed by atoms with Crippen LogP contribution in [0.3, 0.4) is 0 Å². The number of nitrogens with one attached hydrogen (secondary N) is 1. The van der Waals surface area contributed by atoms with Gasteiger partial charge in [0.2, 0.25) is 0 Å². The average Bonchev–Trinajstić information content (AvgIpc) is 2.18. The number of hydrogen-bond acceptors (Lipinski definition) is 1. The van der Waals surface area contributed by atoms with Crippen LogP contribution in [-0.2, 0) is 0 Å². The van der Waals surface area contributed by atoms with Crippen molar-refractivity contribution in [2.75, 3.05) is 13.1 Å². The summed E-state index contributed by atoms with van der Waals surface area (Å²) in [6.07, 6.45) is 0. The van der Waals surface area contributed by atoms with Crippen molar-refractivity contribution in [3.05, 3.63) is 33.8 Å². The zero-order chi connectivity index (χ0) is 10.6. The first-order valence-electron chi connectivity index (χ1n) is 4.81. The monoisotopic (exact) mass is 231 g/mol. The van der Waals surface area contributed by atoms with E-state index in [1.807, 2.05) is 18.2 Å². The minimum Gasteiger partial charge on any atom is -0.316 e. The Bertz CT molecular complexity index is 299. The Labute approximate surface area is 95.4 Å². The van der Waals surface area contributed by atoms with Gasteiger partial charge in [-0.05, 0) is 24.1 Å². The van der Waals surface area contributed by atoms with Crippen LogP contribution in [0.25, 0.3) is 0 Å². The Morgan fingerprint density at radius 2 is 2.07 bits per heavy atom. The van der Waals surface area contributed by atoms with Crippen molar-refractivity contribution in [3.8, 4) is 0 Å². The second kappa shape index (κ2) is 5.59. The average molecular weight is 232 g/mol. The predicted molar refractivity (Wildman–Crippen MR) is 63.4 cm³/mol. The topological polar surface area (TPSA) is 12.0 Å². The zero-order valence-electron chi connectivity index (χ0n) is 8.48. The van der Waals surface area contributed by atoms with E-state index < -0.39 is 0 Å². The van der Waals surface area contributed by atoms with Crippen LogP contribution in [0.1, 0.15) is 25.3 Å². The van der Waals surface area contributed by atoms with Crippen LogP contribution in [0, 0.1) is 0 Å². The lowest BCUT2D eigenvalue weighted by molar-refractivity contribution is 0.635. The van der Waals surface area contributed by atoms with Gasteiger partial charge in [-0.1, -0.05) is 49.2 Å². The molecule has 0 radical (unpaired) electrons. The molecule has 1 aromatic rings. The first-order valence-corrected chi connectivity index (χ1v) is 5.57. The second-order valence-corrected chi connectivity index (χ2v) is 4.14. The van der Waals surface area contributed by atoms with Crippen LogP contribution in [0.4, 0.5) is 0 Å². The number of halogens is 2. The third kappa shape index (κ3) is 2.88. The molecule has 1 atom stereocenters. The number of benzene rings is 1. The molecule has 1 rings (SSSR count). The van der Waals surface area contributed by atoms with Gasteiger partial charge in [0.1, 0.15) is 0 Å². The van der Waals surface area contributed by atoms with E-state index in [1.54, 1.807) is 0 Å². The van der Waals surface area contributed by atoms with Crippen LogP contribution >= 0.6 is 23.2 Å². The molecule has 1 nitrogen and oxygen atoms in total. The number of hydrogen-bond donors (Lipinski definition) is 1. The lowest BCUT2D eigenvalue weighted by Gasteiger charge is -2.14. The highest BCUT2D eigenvalue weighted by molar-refractivity contribution is 6.42. The van der Waals surface area contributed by atoms with E-state index in [4.69, 9.17) is 23.2 Å². The van der Waals surface area contributed by atoms with Gasteiger partial charge in [-0.2, -0.15) is 0 Å². The van der Waals surface area contributed by atoms with Gasteiger partial charge in [-0.15, -0.1) is 0 Å². The predicted octanol–water partition coefficient (Wildman–Crippen LogP) is 3.71. The van der Waals surface area contributed by atoms with Gasteiger partial charge in [0, 0.05) is 6.54 Å². The maximum Gasteiger partial charge on any atom is 0.0627 e. The Morgan fingerprint density at radius 1 is 1.36 bits per heavy atom. The second-order valence-electron chi connectivity index (χ2n) is 3.35. The summed E-state index contributed by atoms with van der Waals surface area (Å²) >= 11 is 12.0. The van der Waals surface area contributed by atoms with Crippen molar-refractivity contribution in [2.24, 2.45) is 0 Å². The van der Waals surface area contributed by atoms with Crippen LogP contribution in [-0.4, -0.2) is 13.1 Å². The smallest absolute Gasteiger partial charge is 0.0627 e. The molecule has 0 aliphatic heterocycles. The molecular weight excluding hydrogens is 217 g/mol. The van der Waals surface area contributed by atoms with Gasteiger partial charge >= 0.3 is 0 Å². The van der Waals surface area contributed by atoms with Gasteiger partial charge in [-0.3, -0.25) is 0 Å². The van der Waals surface area contributed by atoms with Gasteiger partial charge < -0.3 is 5.32 Å². The number of rotatable bonds is 4. The lowest BCUT2D eigenvalue weighted by atomic mass is 10.0. The van der Waals surface area contributed by atoms with E-state index in [0.717, 1.165) is 18.7 Å². The van der Waals surface area contributed by atoms with Crippen LogP contribution in [0.2, 0.25) is 10.0 Å².